The van der Waals surface area contributed by atoms with Gasteiger partial charge in [0.15, 0.2) is 0 Å². The molecule has 102 valence electrons. The molecule has 0 spiro atoms. The first-order valence-electron chi connectivity index (χ1n) is 6.54. The van der Waals surface area contributed by atoms with E-state index in [1.807, 2.05) is 29.2 Å². The summed E-state index contributed by atoms with van der Waals surface area (Å²) in [6.07, 6.45) is 2.22. The Kier molecular flexibility index (Phi) is 4.39. The molecular formula is C14H19N3O2. The molecule has 1 aromatic rings. The van der Waals surface area contributed by atoms with Crippen LogP contribution in [0.15, 0.2) is 24.3 Å². The van der Waals surface area contributed by atoms with Crippen LogP contribution in [0, 0.1) is 0 Å². The number of hydrogen-bond donors (Lipinski definition) is 2. The highest BCUT2D eigenvalue weighted by Crippen LogP contribution is 2.14. The summed E-state index contributed by atoms with van der Waals surface area (Å²) in [5, 5.41) is 5.80. The minimum atomic E-state index is -0.0927. The number of anilines is 2. The molecule has 1 fully saturated rings. The Morgan fingerprint density at radius 3 is 2.26 bits per heavy atom. The number of carbonyl (C=O) groups excluding carboxylic acids is 2. The minimum Gasteiger partial charge on any atom is -0.376 e. The molecule has 1 saturated heterocycles. The molecule has 0 radical (unpaired) electrons. The lowest BCUT2D eigenvalue weighted by Crippen LogP contribution is -2.32. The molecule has 0 saturated carbocycles. The van der Waals surface area contributed by atoms with Gasteiger partial charge in [-0.25, -0.2) is 0 Å². The van der Waals surface area contributed by atoms with Crippen LogP contribution in [0.2, 0.25) is 0 Å². The Morgan fingerprint density at radius 2 is 1.68 bits per heavy atom. The number of amides is 2. The zero-order valence-corrected chi connectivity index (χ0v) is 11.1. The maximum Gasteiger partial charge on any atom is 0.241 e. The Morgan fingerprint density at radius 1 is 1.11 bits per heavy atom. The molecular weight excluding hydrogens is 242 g/mol. The van der Waals surface area contributed by atoms with Gasteiger partial charge in [0.2, 0.25) is 11.8 Å². The summed E-state index contributed by atoms with van der Waals surface area (Å²) >= 11 is 0. The summed E-state index contributed by atoms with van der Waals surface area (Å²) in [6, 6.07) is 7.32. The van der Waals surface area contributed by atoms with Gasteiger partial charge in [-0.2, -0.15) is 0 Å². The fraction of sp³-hybridized carbons (Fsp3) is 0.429. The highest BCUT2D eigenvalue weighted by Gasteiger charge is 2.16. The minimum absolute atomic E-state index is 0.0927. The largest absolute Gasteiger partial charge is 0.376 e. The molecule has 0 aromatic heterocycles. The van der Waals surface area contributed by atoms with E-state index in [1.54, 1.807) is 0 Å². The zero-order chi connectivity index (χ0) is 13.7. The number of carbonyl (C=O) groups is 2. The van der Waals surface area contributed by atoms with Gasteiger partial charge in [-0.15, -0.1) is 0 Å². The van der Waals surface area contributed by atoms with Crippen LogP contribution >= 0.6 is 0 Å². The second kappa shape index (κ2) is 6.22. The summed E-state index contributed by atoms with van der Waals surface area (Å²) in [6.45, 7) is 3.55. The van der Waals surface area contributed by atoms with Gasteiger partial charge < -0.3 is 15.5 Å². The predicted molar refractivity (Wildman–Crippen MR) is 75.0 cm³/mol. The van der Waals surface area contributed by atoms with E-state index in [9.17, 15) is 9.59 Å². The third kappa shape index (κ3) is 3.98. The Hall–Kier alpha value is -2.04. The van der Waals surface area contributed by atoms with Crippen molar-refractivity contribution in [2.24, 2.45) is 0 Å². The Balaban J connectivity index is 1.82. The van der Waals surface area contributed by atoms with Crippen LogP contribution in [-0.4, -0.2) is 36.3 Å². The molecule has 19 heavy (non-hydrogen) atoms. The van der Waals surface area contributed by atoms with Crippen molar-refractivity contribution in [3.63, 3.8) is 0 Å². The summed E-state index contributed by atoms with van der Waals surface area (Å²) in [5.74, 6) is 0.0494. The fourth-order valence-corrected chi connectivity index (χ4v) is 2.13. The fourth-order valence-electron chi connectivity index (χ4n) is 2.13. The predicted octanol–water partition coefficient (Wildman–Crippen LogP) is 1.68. The van der Waals surface area contributed by atoms with Gasteiger partial charge in [-0.1, -0.05) is 0 Å². The number of likely N-dealkylation sites (tertiary alicyclic amines) is 1. The topological polar surface area (TPSA) is 61.4 Å². The number of nitrogens with one attached hydrogen (secondary N) is 2. The first kappa shape index (κ1) is 13.4. The molecule has 0 atom stereocenters. The molecule has 1 aliphatic heterocycles. The molecule has 1 heterocycles. The first-order valence-corrected chi connectivity index (χ1v) is 6.54. The van der Waals surface area contributed by atoms with Crippen molar-refractivity contribution in [2.75, 3.05) is 30.3 Å². The molecule has 5 heteroatoms. The molecule has 0 bridgehead atoms. The Labute approximate surface area is 113 Å². The lowest BCUT2D eigenvalue weighted by Gasteiger charge is -2.16. The van der Waals surface area contributed by atoms with Gasteiger partial charge in [-0.05, 0) is 37.1 Å². The van der Waals surface area contributed by atoms with Crippen LogP contribution in [0.25, 0.3) is 0 Å². The van der Waals surface area contributed by atoms with Crippen LogP contribution in [0.5, 0.6) is 0 Å². The highest BCUT2D eigenvalue weighted by atomic mass is 16.2. The molecule has 0 unspecified atom stereocenters. The summed E-state index contributed by atoms with van der Waals surface area (Å²) < 4.78 is 0. The van der Waals surface area contributed by atoms with Crippen LogP contribution in [0.1, 0.15) is 19.8 Å². The van der Waals surface area contributed by atoms with Gasteiger partial charge >= 0.3 is 0 Å². The smallest absolute Gasteiger partial charge is 0.241 e. The normalized spacial score (nSPS) is 14.3. The summed E-state index contributed by atoms with van der Waals surface area (Å²) in [7, 11) is 0. The molecule has 2 rings (SSSR count). The van der Waals surface area contributed by atoms with Gasteiger partial charge in [0.25, 0.3) is 0 Å². The second-order valence-electron chi connectivity index (χ2n) is 4.70. The van der Waals surface area contributed by atoms with E-state index in [1.165, 1.54) is 6.92 Å². The highest BCUT2D eigenvalue weighted by molar-refractivity contribution is 5.88. The maximum absolute atomic E-state index is 11.8. The number of rotatable bonds is 4. The Bertz CT molecular complexity index is 450. The van der Waals surface area contributed by atoms with Gasteiger partial charge in [0.05, 0.1) is 6.54 Å². The van der Waals surface area contributed by atoms with E-state index in [0.717, 1.165) is 37.3 Å². The van der Waals surface area contributed by atoms with Crippen molar-refractivity contribution in [2.45, 2.75) is 19.8 Å². The van der Waals surface area contributed by atoms with Gasteiger partial charge in [0, 0.05) is 31.4 Å². The third-order valence-electron chi connectivity index (χ3n) is 3.11. The number of hydrogen-bond acceptors (Lipinski definition) is 3. The van der Waals surface area contributed by atoms with Crippen molar-refractivity contribution in [1.82, 2.24) is 4.90 Å². The lowest BCUT2D eigenvalue weighted by atomic mass is 10.2. The number of nitrogens with zero attached hydrogens (tertiary/aromatic N) is 1. The van der Waals surface area contributed by atoms with E-state index in [4.69, 9.17) is 0 Å². The maximum atomic E-state index is 11.8. The summed E-state index contributed by atoms with van der Waals surface area (Å²) in [4.78, 5) is 24.6. The van der Waals surface area contributed by atoms with Crippen LogP contribution in [-0.2, 0) is 9.59 Å². The SMILES string of the molecule is CC(=O)Nc1ccc(NCC(=O)N2CCCC2)cc1. The van der Waals surface area contributed by atoms with Crippen LogP contribution < -0.4 is 10.6 Å². The molecule has 1 aromatic carbocycles. The van der Waals surface area contributed by atoms with E-state index < -0.39 is 0 Å². The van der Waals surface area contributed by atoms with Crippen molar-refractivity contribution in [3.05, 3.63) is 24.3 Å². The van der Waals surface area contributed by atoms with Crippen molar-refractivity contribution in [3.8, 4) is 0 Å². The molecule has 1 aliphatic rings. The second-order valence-corrected chi connectivity index (χ2v) is 4.70. The van der Waals surface area contributed by atoms with E-state index in [2.05, 4.69) is 10.6 Å². The van der Waals surface area contributed by atoms with Crippen LogP contribution in [0.4, 0.5) is 11.4 Å². The summed E-state index contributed by atoms with van der Waals surface area (Å²) in [5.41, 5.74) is 1.63. The molecule has 0 aliphatic carbocycles. The lowest BCUT2D eigenvalue weighted by molar-refractivity contribution is -0.128. The molecule has 2 amide bonds. The van der Waals surface area contributed by atoms with Gasteiger partial charge in [-0.3, -0.25) is 9.59 Å². The monoisotopic (exact) mass is 261 g/mol. The van der Waals surface area contributed by atoms with Gasteiger partial charge in [0.1, 0.15) is 0 Å². The third-order valence-corrected chi connectivity index (χ3v) is 3.11. The first-order chi connectivity index (χ1) is 9.15. The van der Waals surface area contributed by atoms with E-state index >= 15 is 0 Å². The van der Waals surface area contributed by atoms with Crippen LogP contribution in [0.3, 0.4) is 0 Å². The average molecular weight is 261 g/mol. The molecule has 5 nitrogen and oxygen atoms in total. The zero-order valence-electron chi connectivity index (χ0n) is 11.1. The van der Waals surface area contributed by atoms with Crippen molar-refractivity contribution in [1.29, 1.82) is 0 Å². The van der Waals surface area contributed by atoms with Crippen molar-refractivity contribution < 1.29 is 9.59 Å². The molecule has 2 N–H and O–H groups in total. The van der Waals surface area contributed by atoms with Crippen molar-refractivity contribution >= 4 is 23.2 Å². The standard InChI is InChI=1S/C14H19N3O2/c1-11(18)16-13-6-4-12(5-7-13)15-10-14(19)17-8-2-3-9-17/h4-7,15H,2-3,8-10H2,1H3,(H,16,18). The quantitative estimate of drug-likeness (QED) is 0.867. The van der Waals surface area contributed by atoms with E-state index in [-0.39, 0.29) is 11.8 Å². The average Bonchev–Trinajstić information content (AvgIpc) is 2.91. The number of benzene rings is 1. The van der Waals surface area contributed by atoms with E-state index in [0.29, 0.717) is 6.54 Å².